The number of amides is 2. The Morgan fingerprint density at radius 2 is 1.37 bits per heavy atom. The molecule has 0 atom stereocenters. The van der Waals surface area contributed by atoms with Crippen molar-refractivity contribution in [3.05, 3.63) is 0 Å². The summed E-state index contributed by atoms with van der Waals surface area (Å²) in [5.74, 6) is -0.0706. The number of alkyl carbamates (subject to hydrolysis) is 1. The van der Waals surface area contributed by atoms with Gasteiger partial charge in [0.2, 0.25) is 5.91 Å². The van der Waals surface area contributed by atoms with Crippen molar-refractivity contribution >= 4 is 12.0 Å². The average Bonchev–Trinajstić information content (AvgIpc) is 2.42. The Morgan fingerprint density at radius 3 is 1.79 bits per heavy atom. The fraction of sp³-hybridized carbons (Fsp3) is 0.833. The summed E-state index contributed by atoms with van der Waals surface area (Å²) in [7, 11) is 1.30. The highest BCUT2D eigenvalue weighted by Gasteiger charge is 1.96. The molecule has 0 unspecified atom stereocenters. The molecule has 0 aliphatic carbocycles. The molecule has 19 heavy (non-hydrogen) atoms. The van der Waals surface area contributed by atoms with Crippen LogP contribution in [-0.4, -0.2) is 58.6 Å². The van der Waals surface area contributed by atoms with Gasteiger partial charge in [0, 0.05) is 20.0 Å². The van der Waals surface area contributed by atoms with E-state index in [-0.39, 0.29) is 5.91 Å². The second-order valence-electron chi connectivity index (χ2n) is 3.13. The molecule has 0 bridgehead atoms. The maximum Gasteiger partial charge on any atom is 0.406 e. The minimum Gasteiger partial charge on any atom is -0.453 e. The molecule has 7 nitrogen and oxygen atoms in total. The SMILES string of the molecule is CC.COC(=O)NCCOCCOCCNC(C)=O. The van der Waals surface area contributed by atoms with Crippen molar-refractivity contribution in [1.29, 1.82) is 0 Å². The molecule has 0 aromatic carbocycles. The minimum absolute atomic E-state index is 0.0706. The van der Waals surface area contributed by atoms with Crippen LogP contribution in [-0.2, 0) is 19.0 Å². The number of hydrogen-bond acceptors (Lipinski definition) is 5. The maximum absolute atomic E-state index is 10.6. The highest BCUT2D eigenvalue weighted by Crippen LogP contribution is 1.79. The maximum atomic E-state index is 10.6. The zero-order valence-corrected chi connectivity index (χ0v) is 12.3. The Balaban J connectivity index is 0. The van der Waals surface area contributed by atoms with Gasteiger partial charge < -0.3 is 24.8 Å². The molecule has 114 valence electrons. The van der Waals surface area contributed by atoms with Crippen LogP contribution in [0, 0.1) is 0 Å². The van der Waals surface area contributed by atoms with Gasteiger partial charge >= 0.3 is 6.09 Å². The van der Waals surface area contributed by atoms with Crippen molar-refractivity contribution in [1.82, 2.24) is 10.6 Å². The topological polar surface area (TPSA) is 85.9 Å². The zero-order valence-electron chi connectivity index (χ0n) is 12.3. The predicted molar refractivity (Wildman–Crippen MR) is 72.1 cm³/mol. The van der Waals surface area contributed by atoms with Crippen LogP contribution in [0.1, 0.15) is 20.8 Å². The lowest BCUT2D eigenvalue weighted by molar-refractivity contribution is -0.119. The van der Waals surface area contributed by atoms with Crippen LogP contribution >= 0.6 is 0 Å². The molecule has 0 saturated heterocycles. The van der Waals surface area contributed by atoms with Gasteiger partial charge in [-0.15, -0.1) is 0 Å². The molecule has 0 aliphatic heterocycles. The van der Waals surface area contributed by atoms with E-state index in [1.165, 1.54) is 14.0 Å². The Bertz CT molecular complexity index is 224. The molecule has 0 radical (unpaired) electrons. The van der Waals surface area contributed by atoms with Crippen LogP contribution < -0.4 is 10.6 Å². The van der Waals surface area contributed by atoms with Crippen molar-refractivity contribution in [3.63, 3.8) is 0 Å². The Labute approximate surface area is 115 Å². The van der Waals surface area contributed by atoms with Gasteiger partial charge in [0.25, 0.3) is 0 Å². The van der Waals surface area contributed by atoms with E-state index in [2.05, 4.69) is 15.4 Å². The van der Waals surface area contributed by atoms with Crippen LogP contribution in [0.2, 0.25) is 0 Å². The normalized spacial score (nSPS) is 9.05. The lowest BCUT2D eigenvalue weighted by Crippen LogP contribution is -2.27. The highest BCUT2D eigenvalue weighted by molar-refractivity contribution is 5.72. The summed E-state index contributed by atoms with van der Waals surface area (Å²) >= 11 is 0. The standard InChI is InChI=1S/C10H20N2O5.C2H6/c1-9(13)11-3-5-16-7-8-17-6-4-12-10(14)15-2;1-2/h3-8H2,1-2H3,(H,11,13)(H,12,14);1-2H3. The molecule has 7 heteroatoms. The van der Waals surface area contributed by atoms with Crippen LogP contribution in [0.3, 0.4) is 0 Å². The number of nitrogens with one attached hydrogen (secondary N) is 2. The van der Waals surface area contributed by atoms with Crippen molar-refractivity contribution in [3.8, 4) is 0 Å². The quantitative estimate of drug-likeness (QED) is 0.601. The third-order valence-electron chi connectivity index (χ3n) is 1.69. The second-order valence-corrected chi connectivity index (χ2v) is 3.13. The summed E-state index contributed by atoms with van der Waals surface area (Å²) in [5, 5.41) is 5.09. The number of hydrogen-bond donors (Lipinski definition) is 2. The number of methoxy groups -OCH3 is 1. The first kappa shape index (κ1) is 20.0. The molecule has 0 aliphatic rings. The molecular formula is C12H26N2O5. The lowest BCUT2D eigenvalue weighted by Gasteiger charge is -2.06. The van der Waals surface area contributed by atoms with Gasteiger partial charge in [-0.3, -0.25) is 4.79 Å². The Morgan fingerprint density at radius 1 is 0.895 bits per heavy atom. The molecule has 0 heterocycles. The molecular weight excluding hydrogens is 252 g/mol. The lowest BCUT2D eigenvalue weighted by atomic mass is 10.6. The molecule has 0 aromatic rings. The molecule has 2 N–H and O–H groups in total. The molecule has 0 saturated carbocycles. The summed E-state index contributed by atoms with van der Waals surface area (Å²) in [6.45, 7) is 8.13. The van der Waals surface area contributed by atoms with Gasteiger partial charge in [-0.1, -0.05) is 13.8 Å². The predicted octanol–water partition coefficient (Wildman–Crippen LogP) is 0.538. The van der Waals surface area contributed by atoms with Crippen molar-refractivity contribution < 1.29 is 23.8 Å². The number of carbonyl (C=O) groups is 2. The van der Waals surface area contributed by atoms with E-state index < -0.39 is 6.09 Å². The highest BCUT2D eigenvalue weighted by atomic mass is 16.5. The van der Waals surface area contributed by atoms with Crippen LogP contribution in [0.5, 0.6) is 0 Å². The first-order chi connectivity index (χ1) is 9.16. The number of rotatable bonds is 9. The van der Waals surface area contributed by atoms with Crippen molar-refractivity contribution in [2.24, 2.45) is 0 Å². The summed E-state index contributed by atoms with van der Waals surface area (Å²) in [4.78, 5) is 21.1. The van der Waals surface area contributed by atoms with Gasteiger partial charge in [0.1, 0.15) is 0 Å². The molecule has 0 rings (SSSR count). The van der Waals surface area contributed by atoms with Crippen LogP contribution in [0.4, 0.5) is 4.79 Å². The van der Waals surface area contributed by atoms with E-state index in [1.54, 1.807) is 0 Å². The fourth-order valence-corrected chi connectivity index (χ4v) is 0.919. The minimum atomic E-state index is -0.472. The summed E-state index contributed by atoms with van der Waals surface area (Å²) < 4.78 is 14.7. The van der Waals surface area contributed by atoms with Crippen molar-refractivity contribution in [2.45, 2.75) is 20.8 Å². The van der Waals surface area contributed by atoms with E-state index in [9.17, 15) is 9.59 Å². The van der Waals surface area contributed by atoms with Gasteiger partial charge in [0.05, 0.1) is 33.5 Å². The van der Waals surface area contributed by atoms with E-state index in [4.69, 9.17) is 9.47 Å². The summed E-state index contributed by atoms with van der Waals surface area (Å²) in [6.07, 6.45) is -0.472. The van der Waals surface area contributed by atoms with Gasteiger partial charge in [0.15, 0.2) is 0 Å². The molecule has 0 spiro atoms. The molecule has 2 amide bonds. The van der Waals surface area contributed by atoms with Gasteiger partial charge in [-0.2, -0.15) is 0 Å². The van der Waals surface area contributed by atoms with E-state index >= 15 is 0 Å². The van der Waals surface area contributed by atoms with Crippen LogP contribution in [0.25, 0.3) is 0 Å². The van der Waals surface area contributed by atoms with Gasteiger partial charge in [-0.25, -0.2) is 4.79 Å². The number of carbonyl (C=O) groups excluding carboxylic acids is 2. The van der Waals surface area contributed by atoms with Crippen LogP contribution in [0.15, 0.2) is 0 Å². The third-order valence-corrected chi connectivity index (χ3v) is 1.69. The first-order valence-electron chi connectivity index (χ1n) is 6.38. The smallest absolute Gasteiger partial charge is 0.406 e. The largest absolute Gasteiger partial charge is 0.453 e. The average molecular weight is 278 g/mol. The van der Waals surface area contributed by atoms with Crippen molar-refractivity contribution in [2.75, 3.05) is 46.6 Å². The fourth-order valence-electron chi connectivity index (χ4n) is 0.919. The van der Waals surface area contributed by atoms with E-state index in [1.807, 2.05) is 13.8 Å². The number of ether oxygens (including phenoxy) is 3. The Kier molecular flexibility index (Phi) is 17.5. The molecule has 0 fully saturated rings. The van der Waals surface area contributed by atoms with E-state index in [0.717, 1.165) is 0 Å². The summed E-state index contributed by atoms with van der Waals surface area (Å²) in [6, 6.07) is 0. The summed E-state index contributed by atoms with van der Waals surface area (Å²) in [5.41, 5.74) is 0. The second kappa shape index (κ2) is 16.7. The third kappa shape index (κ3) is 19.2. The monoisotopic (exact) mass is 278 g/mol. The zero-order chi connectivity index (χ0) is 14.9. The Hall–Kier alpha value is -1.34. The van der Waals surface area contributed by atoms with E-state index in [0.29, 0.717) is 39.5 Å². The first-order valence-corrected chi connectivity index (χ1v) is 6.38. The van der Waals surface area contributed by atoms with Gasteiger partial charge in [-0.05, 0) is 0 Å². The molecule has 0 aromatic heterocycles.